The number of hydrogen-bond donors (Lipinski definition) is 1. The Morgan fingerprint density at radius 1 is 1.25 bits per heavy atom. The van der Waals surface area contributed by atoms with Crippen molar-refractivity contribution in [3.05, 3.63) is 66.2 Å². The number of aromatic nitrogens is 2. The van der Waals surface area contributed by atoms with Crippen molar-refractivity contribution in [3.63, 3.8) is 0 Å². The monoisotopic (exact) mass is 338 g/mol. The SMILES string of the molecule is C=CCc1ccccc1OCCCSc1nc2ccc(C)cc2[nH]1. The van der Waals surface area contributed by atoms with Gasteiger partial charge in [0.2, 0.25) is 0 Å². The summed E-state index contributed by atoms with van der Waals surface area (Å²) in [6.45, 7) is 6.60. The van der Waals surface area contributed by atoms with Crippen LogP contribution in [-0.2, 0) is 6.42 Å². The van der Waals surface area contributed by atoms with E-state index in [1.807, 2.05) is 24.3 Å². The molecule has 0 saturated heterocycles. The molecule has 24 heavy (non-hydrogen) atoms. The number of nitrogens with zero attached hydrogens (tertiary/aromatic N) is 1. The number of imidazole rings is 1. The molecule has 3 nitrogen and oxygen atoms in total. The van der Waals surface area contributed by atoms with Crippen molar-refractivity contribution < 1.29 is 4.74 Å². The zero-order valence-electron chi connectivity index (χ0n) is 13.9. The molecule has 0 radical (unpaired) electrons. The quantitative estimate of drug-likeness (QED) is 0.350. The number of hydrogen-bond acceptors (Lipinski definition) is 3. The van der Waals surface area contributed by atoms with Crippen LogP contribution in [0, 0.1) is 6.92 Å². The lowest BCUT2D eigenvalue weighted by atomic mass is 10.1. The molecule has 0 aliphatic heterocycles. The van der Waals surface area contributed by atoms with Gasteiger partial charge < -0.3 is 9.72 Å². The molecule has 0 amide bonds. The number of thioether (sulfide) groups is 1. The largest absolute Gasteiger partial charge is 0.493 e. The van der Waals surface area contributed by atoms with Gasteiger partial charge in [-0.1, -0.05) is 42.1 Å². The molecule has 0 saturated carbocycles. The van der Waals surface area contributed by atoms with Crippen molar-refractivity contribution in [1.82, 2.24) is 9.97 Å². The van der Waals surface area contributed by atoms with E-state index in [-0.39, 0.29) is 0 Å². The van der Waals surface area contributed by atoms with Crippen molar-refractivity contribution in [2.24, 2.45) is 0 Å². The molecular formula is C20H22N2OS. The summed E-state index contributed by atoms with van der Waals surface area (Å²) in [6, 6.07) is 14.4. The maximum atomic E-state index is 5.91. The first-order valence-electron chi connectivity index (χ1n) is 8.17. The highest BCUT2D eigenvalue weighted by Crippen LogP contribution is 2.22. The second-order valence-corrected chi connectivity index (χ2v) is 6.80. The fraction of sp³-hybridized carbons (Fsp3) is 0.250. The smallest absolute Gasteiger partial charge is 0.166 e. The van der Waals surface area contributed by atoms with Crippen LogP contribution < -0.4 is 4.74 Å². The lowest BCUT2D eigenvalue weighted by Crippen LogP contribution is -2.01. The van der Waals surface area contributed by atoms with Crippen LogP contribution in [0.15, 0.2) is 60.3 Å². The highest BCUT2D eigenvalue weighted by Gasteiger charge is 2.04. The molecule has 0 aliphatic carbocycles. The molecule has 4 heteroatoms. The van der Waals surface area contributed by atoms with Gasteiger partial charge in [-0.05, 0) is 49.1 Å². The van der Waals surface area contributed by atoms with Crippen molar-refractivity contribution in [2.45, 2.75) is 24.9 Å². The van der Waals surface area contributed by atoms with Crippen LogP contribution in [0.2, 0.25) is 0 Å². The van der Waals surface area contributed by atoms with Gasteiger partial charge >= 0.3 is 0 Å². The molecule has 2 aromatic carbocycles. The first kappa shape index (κ1) is 16.7. The summed E-state index contributed by atoms with van der Waals surface area (Å²) in [5.74, 6) is 1.93. The fourth-order valence-corrected chi connectivity index (χ4v) is 3.35. The van der Waals surface area contributed by atoms with E-state index in [2.05, 4.69) is 47.7 Å². The number of nitrogens with one attached hydrogen (secondary N) is 1. The van der Waals surface area contributed by atoms with Gasteiger partial charge in [0, 0.05) is 5.75 Å². The van der Waals surface area contributed by atoms with Crippen LogP contribution in [0.1, 0.15) is 17.5 Å². The lowest BCUT2D eigenvalue weighted by molar-refractivity contribution is 0.316. The van der Waals surface area contributed by atoms with E-state index in [0.29, 0.717) is 6.61 Å². The van der Waals surface area contributed by atoms with Gasteiger partial charge in [0.1, 0.15) is 5.75 Å². The van der Waals surface area contributed by atoms with E-state index < -0.39 is 0 Å². The third kappa shape index (κ3) is 4.20. The first-order chi connectivity index (χ1) is 11.8. The molecule has 3 aromatic rings. The molecule has 1 heterocycles. The van der Waals surface area contributed by atoms with Crippen LogP contribution in [0.5, 0.6) is 5.75 Å². The molecule has 0 atom stereocenters. The van der Waals surface area contributed by atoms with E-state index in [1.54, 1.807) is 11.8 Å². The van der Waals surface area contributed by atoms with Crippen molar-refractivity contribution in [1.29, 1.82) is 0 Å². The zero-order chi connectivity index (χ0) is 16.8. The topological polar surface area (TPSA) is 37.9 Å². The summed E-state index contributed by atoms with van der Waals surface area (Å²) in [5, 5.41) is 0.975. The van der Waals surface area contributed by atoms with Gasteiger partial charge in [0.15, 0.2) is 5.16 Å². The second-order valence-electron chi connectivity index (χ2n) is 5.71. The normalized spacial score (nSPS) is 10.9. The Hall–Kier alpha value is -2.20. The minimum absolute atomic E-state index is 0.709. The number of aryl methyl sites for hydroxylation is 1. The summed E-state index contributed by atoms with van der Waals surface area (Å²) >= 11 is 1.74. The van der Waals surface area contributed by atoms with E-state index in [4.69, 9.17) is 4.74 Å². The predicted octanol–water partition coefficient (Wildman–Crippen LogP) is 5.16. The highest BCUT2D eigenvalue weighted by molar-refractivity contribution is 7.99. The standard InChI is InChI=1S/C20H22N2OS/c1-3-7-16-8-4-5-9-19(16)23-12-6-13-24-20-21-17-11-10-15(2)14-18(17)22-20/h3-5,8-11,14H,1,6-7,12-13H2,2H3,(H,21,22). The Morgan fingerprint density at radius 3 is 3.00 bits per heavy atom. The molecule has 0 fully saturated rings. The molecule has 3 rings (SSSR count). The molecule has 0 bridgehead atoms. The van der Waals surface area contributed by atoms with E-state index in [0.717, 1.165) is 40.5 Å². The summed E-state index contributed by atoms with van der Waals surface area (Å²) < 4.78 is 5.91. The van der Waals surface area contributed by atoms with Crippen molar-refractivity contribution in [3.8, 4) is 5.75 Å². The van der Waals surface area contributed by atoms with Crippen molar-refractivity contribution >= 4 is 22.8 Å². The van der Waals surface area contributed by atoms with Crippen LogP contribution in [0.4, 0.5) is 0 Å². The Morgan fingerprint density at radius 2 is 2.12 bits per heavy atom. The Balaban J connectivity index is 1.47. The lowest BCUT2D eigenvalue weighted by Gasteiger charge is -2.09. The Kier molecular flexibility index (Phi) is 5.59. The predicted molar refractivity (Wildman–Crippen MR) is 102 cm³/mol. The highest BCUT2D eigenvalue weighted by atomic mass is 32.2. The minimum atomic E-state index is 0.709. The molecule has 124 valence electrons. The number of ether oxygens (including phenoxy) is 1. The fourth-order valence-electron chi connectivity index (χ4n) is 2.55. The third-order valence-electron chi connectivity index (χ3n) is 3.74. The molecule has 0 unspecified atom stereocenters. The summed E-state index contributed by atoms with van der Waals surface area (Å²) in [4.78, 5) is 7.97. The maximum absolute atomic E-state index is 5.91. The number of aromatic amines is 1. The molecular weight excluding hydrogens is 316 g/mol. The van der Waals surface area contributed by atoms with Crippen molar-refractivity contribution in [2.75, 3.05) is 12.4 Å². The minimum Gasteiger partial charge on any atom is -0.493 e. The van der Waals surface area contributed by atoms with Gasteiger partial charge in [-0.15, -0.1) is 6.58 Å². The average molecular weight is 338 g/mol. The number of para-hydroxylation sites is 1. The number of rotatable bonds is 8. The Bertz CT molecular complexity index is 825. The van der Waals surface area contributed by atoms with Gasteiger partial charge in [-0.2, -0.15) is 0 Å². The average Bonchev–Trinajstić information content (AvgIpc) is 2.98. The van der Waals surface area contributed by atoms with E-state index >= 15 is 0 Å². The number of fused-ring (bicyclic) bond motifs is 1. The summed E-state index contributed by atoms with van der Waals surface area (Å²) in [7, 11) is 0. The van der Waals surface area contributed by atoms with Gasteiger partial charge in [0.05, 0.1) is 17.6 Å². The van der Waals surface area contributed by atoms with E-state index in [9.17, 15) is 0 Å². The summed E-state index contributed by atoms with van der Waals surface area (Å²) in [6.07, 6.45) is 3.72. The van der Waals surface area contributed by atoms with Crippen LogP contribution in [-0.4, -0.2) is 22.3 Å². The van der Waals surface area contributed by atoms with Crippen LogP contribution >= 0.6 is 11.8 Å². The molecule has 0 aliphatic rings. The summed E-state index contributed by atoms with van der Waals surface area (Å²) in [5.41, 5.74) is 4.56. The Labute approximate surface area is 147 Å². The van der Waals surface area contributed by atoms with Crippen LogP contribution in [0.3, 0.4) is 0 Å². The zero-order valence-corrected chi connectivity index (χ0v) is 14.7. The second kappa shape index (κ2) is 8.06. The maximum Gasteiger partial charge on any atom is 0.166 e. The van der Waals surface area contributed by atoms with Gasteiger partial charge in [-0.25, -0.2) is 4.98 Å². The van der Waals surface area contributed by atoms with Gasteiger partial charge in [-0.3, -0.25) is 0 Å². The number of benzene rings is 2. The number of allylic oxidation sites excluding steroid dienone is 1. The first-order valence-corrected chi connectivity index (χ1v) is 9.15. The molecule has 1 N–H and O–H groups in total. The molecule has 1 aromatic heterocycles. The number of H-pyrrole nitrogens is 1. The van der Waals surface area contributed by atoms with Crippen LogP contribution in [0.25, 0.3) is 11.0 Å². The molecule has 0 spiro atoms. The van der Waals surface area contributed by atoms with E-state index in [1.165, 1.54) is 11.1 Å². The third-order valence-corrected chi connectivity index (χ3v) is 4.70. The van der Waals surface area contributed by atoms with Gasteiger partial charge in [0.25, 0.3) is 0 Å².